The Labute approximate surface area is 106 Å². The normalized spacial score (nSPS) is 23.1. The number of thioether (sulfide) groups is 1. The van der Waals surface area contributed by atoms with E-state index < -0.39 is 11.4 Å². The lowest BCUT2D eigenvalue weighted by atomic mass is 9.70. The van der Waals surface area contributed by atoms with Gasteiger partial charge in [-0.05, 0) is 48.8 Å². The summed E-state index contributed by atoms with van der Waals surface area (Å²) < 4.78 is 0. The van der Waals surface area contributed by atoms with Crippen LogP contribution in [0.4, 0.5) is 0 Å². The molecule has 1 aromatic rings. The number of aliphatic carboxylic acids is 1. The van der Waals surface area contributed by atoms with Gasteiger partial charge in [0.15, 0.2) is 0 Å². The fourth-order valence-electron chi connectivity index (χ4n) is 2.60. The van der Waals surface area contributed by atoms with Crippen LogP contribution < -0.4 is 0 Å². The summed E-state index contributed by atoms with van der Waals surface area (Å²) in [5.41, 5.74) is 2.02. The SMILES string of the molecule is CSCCC1(C(=O)O)CCc2ccccc2C1. The van der Waals surface area contributed by atoms with E-state index in [2.05, 4.69) is 12.1 Å². The molecule has 92 valence electrons. The Morgan fingerprint density at radius 2 is 2.12 bits per heavy atom. The summed E-state index contributed by atoms with van der Waals surface area (Å²) in [7, 11) is 0. The number of benzene rings is 1. The topological polar surface area (TPSA) is 37.3 Å². The summed E-state index contributed by atoms with van der Waals surface area (Å²) in [6.07, 6.45) is 5.18. The molecule has 0 spiro atoms. The molecule has 0 heterocycles. The first-order chi connectivity index (χ1) is 8.18. The second-order valence-corrected chi connectivity index (χ2v) is 5.76. The summed E-state index contributed by atoms with van der Waals surface area (Å²) in [6.45, 7) is 0. The van der Waals surface area contributed by atoms with E-state index in [0.29, 0.717) is 6.42 Å². The Kier molecular flexibility index (Phi) is 3.77. The summed E-state index contributed by atoms with van der Waals surface area (Å²) in [4.78, 5) is 11.6. The lowest BCUT2D eigenvalue weighted by Gasteiger charge is -2.34. The lowest BCUT2D eigenvalue weighted by Crippen LogP contribution is -2.37. The molecule has 1 unspecified atom stereocenters. The Balaban J connectivity index is 2.24. The monoisotopic (exact) mass is 250 g/mol. The van der Waals surface area contributed by atoms with Gasteiger partial charge in [-0.2, -0.15) is 11.8 Å². The van der Waals surface area contributed by atoms with Crippen LogP contribution >= 0.6 is 11.8 Å². The third-order valence-electron chi connectivity index (χ3n) is 3.76. The van der Waals surface area contributed by atoms with Crippen LogP contribution in [0.25, 0.3) is 0 Å². The van der Waals surface area contributed by atoms with Gasteiger partial charge in [-0.15, -0.1) is 0 Å². The molecule has 0 fully saturated rings. The van der Waals surface area contributed by atoms with E-state index in [1.165, 1.54) is 11.1 Å². The molecule has 1 aliphatic carbocycles. The van der Waals surface area contributed by atoms with Crippen molar-refractivity contribution in [2.45, 2.75) is 25.7 Å². The van der Waals surface area contributed by atoms with Crippen molar-refractivity contribution in [1.82, 2.24) is 0 Å². The number of rotatable bonds is 4. The predicted octanol–water partition coefficient (Wildman–Crippen LogP) is 3.00. The predicted molar refractivity (Wildman–Crippen MR) is 71.5 cm³/mol. The van der Waals surface area contributed by atoms with Crippen molar-refractivity contribution in [2.75, 3.05) is 12.0 Å². The number of fused-ring (bicyclic) bond motifs is 1. The summed E-state index contributed by atoms with van der Waals surface area (Å²) in [6, 6.07) is 8.24. The highest BCUT2D eigenvalue weighted by Gasteiger charge is 2.40. The van der Waals surface area contributed by atoms with Crippen LogP contribution in [-0.2, 0) is 17.6 Å². The molecule has 1 aliphatic rings. The summed E-state index contributed by atoms with van der Waals surface area (Å²) >= 11 is 1.73. The van der Waals surface area contributed by atoms with Gasteiger partial charge in [-0.3, -0.25) is 4.79 Å². The van der Waals surface area contributed by atoms with Gasteiger partial charge in [0.25, 0.3) is 0 Å². The zero-order valence-electron chi connectivity index (χ0n) is 10.1. The van der Waals surface area contributed by atoms with Crippen molar-refractivity contribution in [1.29, 1.82) is 0 Å². The maximum Gasteiger partial charge on any atom is 0.310 e. The third kappa shape index (κ3) is 2.49. The molecular weight excluding hydrogens is 232 g/mol. The smallest absolute Gasteiger partial charge is 0.310 e. The van der Waals surface area contributed by atoms with Gasteiger partial charge < -0.3 is 5.11 Å². The molecule has 0 amide bonds. The molecule has 17 heavy (non-hydrogen) atoms. The fourth-order valence-corrected chi connectivity index (χ4v) is 3.20. The lowest BCUT2D eigenvalue weighted by molar-refractivity contribution is -0.149. The summed E-state index contributed by atoms with van der Waals surface area (Å²) in [5.74, 6) is 0.301. The molecular formula is C14H18O2S. The third-order valence-corrected chi connectivity index (χ3v) is 4.37. The highest BCUT2D eigenvalue weighted by atomic mass is 32.2. The first-order valence-corrected chi connectivity index (χ1v) is 7.36. The van der Waals surface area contributed by atoms with Crippen LogP contribution in [0.1, 0.15) is 24.0 Å². The molecule has 2 nitrogen and oxygen atoms in total. The second-order valence-electron chi connectivity index (χ2n) is 4.77. The number of aryl methyl sites for hydroxylation is 1. The molecule has 0 aliphatic heterocycles. The van der Waals surface area contributed by atoms with Crippen molar-refractivity contribution >= 4 is 17.7 Å². The fraction of sp³-hybridized carbons (Fsp3) is 0.500. The second kappa shape index (κ2) is 5.13. The Bertz CT molecular complexity index is 416. The highest BCUT2D eigenvalue weighted by Crippen LogP contribution is 2.39. The minimum absolute atomic E-state index is 0.530. The number of carboxylic acid groups (broad SMARTS) is 1. The van der Waals surface area contributed by atoms with Crippen LogP contribution in [0.15, 0.2) is 24.3 Å². The van der Waals surface area contributed by atoms with Crippen LogP contribution in [-0.4, -0.2) is 23.1 Å². The Hall–Kier alpha value is -0.960. The van der Waals surface area contributed by atoms with Gasteiger partial charge in [0.1, 0.15) is 0 Å². The van der Waals surface area contributed by atoms with Crippen LogP contribution in [0, 0.1) is 5.41 Å². The molecule has 3 heteroatoms. The maximum atomic E-state index is 11.6. The van der Waals surface area contributed by atoms with E-state index in [4.69, 9.17) is 0 Å². The molecule has 0 radical (unpaired) electrons. The van der Waals surface area contributed by atoms with Gasteiger partial charge in [0, 0.05) is 0 Å². The van der Waals surface area contributed by atoms with Crippen molar-refractivity contribution < 1.29 is 9.90 Å². The molecule has 1 N–H and O–H groups in total. The standard InChI is InChI=1S/C14H18O2S/c1-17-9-8-14(13(15)16)7-6-11-4-2-3-5-12(11)10-14/h2-5H,6-10H2,1H3,(H,15,16). The average molecular weight is 250 g/mol. The zero-order valence-corrected chi connectivity index (χ0v) is 10.9. The van der Waals surface area contributed by atoms with Crippen LogP contribution in [0.3, 0.4) is 0 Å². The van der Waals surface area contributed by atoms with Gasteiger partial charge >= 0.3 is 5.97 Å². The van der Waals surface area contributed by atoms with E-state index >= 15 is 0 Å². The maximum absolute atomic E-state index is 11.6. The van der Waals surface area contributed by atoms with E-state index in [1.54, 1.807) is 11.8 Å². The summed E-state index contributed by atoms with van der Waals surface area (Å²) in [5, 5.41) is 9.53. The Morgan fingerprint density at radius 1 is 1.41 bits per heavy atom. The van der Waals surface area contributed by atoms with Crippen molar-refractivity contribution in [2.24, 2.45) is 5.41 Å². The van der Waals surface area contributed by atoms with Gasteiger partial charge in [-0.1, -0.05) is 24.3 Å². The van der Waals surface area contributed by atoms with E-state index in [9.17, 15) is 9.90 Å². The minimum atomic E-state index is -0.624. The minimum Gasteiger partial charge on any atom is -0.481 e. The largest absolute Gasteiger partial charge is 0.481 e. The van der Waals surface area contributed by atoms with Crippen molar-refractivity contribution in [3.63, 3.8) is 0 Å². The zero-order chi connectivity index (χ0) is 12.3. The van der Waals surface area contributed by atoms with Crippen LogP contribution in [0.5, 0.6) is 0 Å². The van der Waals surface area contributed by atoms with Gasteiger partial charge in [-0.25, -0.2) is 0 Å². The first-order valence-electron chi connectivity index (χ1n) is 5.97. The molecule has 1 atom stereocenters. The number of hydrogen-bond acceptors (Lipinski definition) is 2. The van der Waals surface area contributed by atoms with E-state index in [-0.39, 0.29) is 0 Å². The Morgan fingerprint density at radius 3 is 2.76 bits per heavy atom. The van der Waals surface area contributed by atoms with Crippen molar-refractivity contribution in [3.05, 3.63) is 35.4 Å². The van der Waals surface area contributed by atoms with E-state index in [1.807, 2.05) is 18.4 Å². The molecule has 0 bridgehead atoms. The molecule has 2 rings (SSSR count). The molecule has 0 saturated heterocycles. The number of carboxylic acids is 1. The molecule has 0 aromatic heterocycles. The quantitative estimate of drug-likeness (QED) is 0.892. The number of hydrogen-bond donors (Lipinski definition) is 1. The number of carbonyl (C=O) groups is 1. The van der Waals surface area contributed by atoms with Gasteiger partial charge in [0.05, 0.1) is 5.41 Å². The highest BCUT2D eigenvalue weighted by molar-refractivity contribution is 7.98. The first kappa shape index (κ1) is 12.5. The molecule has 0 saturated carbocycles. The molecule has 1 aromatic carbocycles. The van der Waals surface area contributed by atoms with Gasteiger partial charge in [0.2, 0.25) is 0 Å². The van der Waals surface area contributed by atoms with Crippen molar-refractivity contribution in [3.8, 4) is 0 Å². The average Bonchev–Trinajstić information content (AvgIpc) is 2.36. The van der Waals surface area contributed by atoms with E-state index in [0.717, 1.165) is 25.0 Å². The van der Waals surface area contributed by atoms with Crippen LogP contribution in [0.2, 0.25) is 0 Å².